The smallest absolute Gasteiger partial charge is 0.223 e. The Morgan fingerprint density at radius 3 is 2.59 bits per heavy atom. The topological polar surface area (TPSA) is 100 Å². The van der Waals surface area contributed by atoms with Gasteiger partial charge in [0.05, 0.1) is 38.4 Å². The van der Waals surface area contributed by atoms with E-state index in [1.54, 1.807) is 0 Å². The molecule has 1 aliphatic carbocycles. The molecule has 2 amide bonds. The van der Waals surface area contributed by atoms with Gasteiger partial charge >= 0.3 is 0 Å². The molecule has 0 bridgehead atoms. The second-order valence-corrected chi connectivity index (χ2v) is 7.81. The lowest BCUT2D eigenvalue weighted by Crippen LogP contribution is -2.51. The first-order valence-corrected chi connectivity index (χ1v) is 10.3. The number of morpholine rings is 1. The molecule has 0 spiro atoms. The van der Waals surface area contributed by atoms with Gasteiger partial charge in [-0.15, -0.1) is 0 Å². The number of aliphatic hydroxyl groups excluding tert-OH is 1. The number of nitrogens with zero attached hydrogens (tertiary/aromatic N) is 1. The van der Waals surface area contributed by atoms with Gasteiger partial charge in [0.1, 0.15) is 6.10 Å². The normalized spacial score (nSPS) is 29.3. The van der Waals surface area contributed by atoms with Crippen LogP contribution in [0.4, 0.5) is 0 Å². The van der Waals surface area contributed by atoms with Crippen LogP contribution in [0.25, 0.3) is 0 Å². The van der Waals surface area contributed by atoms with Crippen LogP contribution in [0, 0.1) is 5.92 Å². The minimum atomic E-state index is -0.430. The molecule has 3 N–H and O–H groups in total. The molecular formula is C19H33N3O5. The Kier molecular flexibility index (Phi) is 7.87. The number of aliphatic hydroxyl groups is 1. The van der Waals surface area contributed by atoms with Crippen LogP contribution in [0.15, 0.2) is 0 Å². The van der Waals surface area contributed by atoms with E-state index >= 15 is 0 Å². The van der Waals surface area contributed by atoms with Crippen molar-refractivity contribution in [2.45, 2.75) is 56.8 Å². The summed E-state index contributed by atoms with van der Waals surface area (Å²) in [6.45, 7) is 4.99. The van der Waals surface area contributed by atoms with Gasteiger partial charge in [0.2, 0.25) is 11.8 Å². The van der Waals surface area contributed by atoms with Crippen molar-refractivity contribution in [2.75, 3.05) is 46.0 Å². The van der Waals surface area contributed by atoms with Gasteiger partial charge in [-0.3, -0.25) is 14.5 Å². The first-order valence-electron chi connectivity index (χ1n) is 10.3. The van der Waals surface area contributed by atoms with E-state index in [1.165, 1.54) is 0 Å². The summed E-state index contributed by atoms with van der Waals surface area (Å²) in [5.74, 6) is 0.197. The maximum Gasteiger partial charge on any atom is 0.223 e. The lowest BCUT2D eigenvalue weighted by molar-refractivity contribution is -0.136. The summed E-state index contributed by atoms with van der Waals surface area (Å²) in [5.41, 5.74) is 0. The lowest BCUT2D eigenvalue weighted by Gasteiger charge is -2.36. The maximum atomic E-state index is 12.2. The molecule has 2 aliphatic heterocycles. The molecule has 3 fully saturated rings. The maximum absolute atomic E-state index is 12.2. The standard InChI is InChI=1S/C19H33N3O5/c23-13-17-16(21-19(25)14-2-3-14)5-4-15(27-17)12-18(24)20-6-1-7-22-8-10-26-11-9-22/h14-17,23H,1-13H2,(H,20,24)(H,21,25)/t15-,16-,17-/m0/s1. The third-order valence-corrected chi connectivity index (χ3v) is 5.56. The zero-order valence-corrected chi connectivity index (χ0v) is 16.0. The molecule has 0 radical (unpaired) electrons. The summed E-state index contributed by atoms with van der Waals surface area (Å²) < 4.78 is 11.2. The van der Waals surface area contributed by atoms with Crippen LogP contribution in [-0.4, -0.2) is 86.1 Å². The van der Waals surface area contributed by atoms with Crippen LogP contribution in [0.3, 0.4) is 0 Å². The Hall–Kier alpha value is -1.22. The molecule has 3 rings (SSSR count). The molecule has 8 heteroatoms. The summed E-state index contributed by atoms with van der Waals surface area (Å²) >= 11 is 0. The molecule has 3 aliphatic rings. The van der Waals surface area contributed by atoms with Gasteiger partial charge < -0.3 is 25.2 Å². The molecule has 0 aromatic carbocycles. The second-order valence-electron chi connectivity index (χ2n) is 7.81. The molecule has 0 aromatic rings. The van der Waals surface area contributed by atoms with Crippen molar-refractivity contribution in [2.24, 2.45) is 5.92 Å². The Morgan fingerprint density at radius 1 is 1.11 bits per heavy atom. The number of amides is 2. The van der Waals surface area contributed by atoms with E-state index in [0.717, 1.165) is 58.5 Å². The van der Waals surface area contributed by atoms with Crippen LogP contribution in [-0.2, 0) is 19.1 Å². The Morgan fingerprint density at radius 2 is 1.89 bits per heavy atom. The van der Waals surface area contributed by atoms with Gasteiger partial charge in [-0.2, -0.15) is 0 Å². The van der Waals surface area contributed by atoms with E-state index in [4.69, 9.17) is 9.47 Å². The SMILES string of the molecule is O=C(C[C@@H]1CC[C@H](NC(=O)C2CC2)[C@H](CO)O1)NCCCN1CCOCC1. The lowest BCUT2D eigenvalue weighted by atomic mass is 9.96. The van der Waals surface area contributed by atoms with E-state index < -0.39 is 6.10 Å². The van der Waals surface area contributed by atoms with Gasteiger partial charge in [0, 0.05) is 25.6 Å². The van der Waals surface area contributed by atoms with Crippen molar-refractivity contribution in [1.29, 1.82) is 0 Å². The number of hydrogen-bond acceptors (Lipinski definition) is 6. The summed E-state index contributed by atoms with van der Waals surface area (Å²) in [6, 6.07) is -0.157. The Balaban J connectivity index is 1.30. The predicted molar refractivity (Wildman–Crippen MR) is 99.1 cm³/mol. The third kappa shape index (κ3) is 6.71. The molecule has 1 saturated carbocycles. The van der Waals surface area contributed by atoms with E-state index in [2.05, 4.69) is 15.5 Å². The molecule has 8 nitrogen and oxygen atoms in total. The summed E-state index contributed by atoms with van der Waals surface area (Å²) in [7, 11) is 0. The summed E-state index contributed by atoms with van der Waals surface area (Å²) in [6.07, 6.45) is 3.96. The number of ether oxygens (including phenoxy) is 2. The van der Waals surface area contributed by atoms with Crippen molar-refractivity contribution in [3.05, 3.63) is 0 Å². The Labute approximate surface area is 160 Å². The van der Waals surface area contributed by atoms with Crippen molar-refractivity contribution in [3.8, 4) is 0 Å². The van der Waals surface area contributed by atoms with E-state index in [-0.39, 0.29) is 36.5 Å². The molecule has 154 valence electrons. The third-order valence-electron chi connectivity index (χ3n) is 5.56. The van der Waals surface area contributed by atoms with E-state index in [0.29, 0.717) is 19.4 Å². The highest BCUT2D eigenvalue weighted by Gasteiger charge is 2.36. The first kappa shape index (κ1) is 20.5. The number of hydrogen-bond donors (Lipinski definition) is 3. The largest absolute Gasteiger partial charge is 0.394 e. The molecule has 2 heterocycles. The molecular weight excluding hydrogens is 350 g/mol. The molecule has 2 saturated heterocycles. The fourth-order valence-electron chi connectivity index (χ4n) is 3.73. The predicted octanol–water partition coefficient (Wildman–Crippen LogP) is -0.350. The second kappa shape index (κ2) is 10.4. The quantitative estimate of drug-likeness (QED) is 0.471. The van der Waals surface area contributed by atoms with Crippen LogP contribution >= 0.6 is 0 Å². The van der Waals surface area contributed by atoms with Crippen LogP contribution in [0.2, 0.25) is 0 Å². The Bertz CT molecular complexity index is 494. The zero-order valence-electron chi connectivity index (χ0n) is 16.0. The molecule has 27 heavy (non-hydrogen) atoms. The van der Waals surface area contributed by atoms with Gasteiger partial charge in [0.15, 0.2) is 0 Å². The number of carbonyl (C=O) groups excluding carboxylic acids is 2. The van der Waals surface area contributed by atoms with Gasteiger partial charge in [0.25, 0.3) is 0 Å². The van der Waals surface area contributed by atoms with Crippen LogP contribution < -0.4 is 10.6 Å². The van der Waals surface area contributed by atoms with E-state index in [1.807, 2.05) is 0 Å². The van der Waals surface area contributed by atoms with Crippen molar-refractivity contribution < 1.29 is 24.2 Å². The van der Waals surface area contributed by atoms with Crippen molar-refractivity contribution in [3.63, 3.8) is 0 Å². The summed E-state index contributed by atoms with van der Waals surface area (Å²) in [4.78, 5) is 26.4. The first-order chi connectivity index (χ1) is 13.2. The highest BCUT2D eigenvalue weighted by molar-refractivity contribution is 5.81. The molecule has 0 aromatic heterocycles. The van der Waals surface area contributed by atoms with Gasteiger partial charge in [-0.05, 0) is 38.6 Å². The number of carbonyl (C=O) groups is 2. The van der Waals surface area contributed by atoms with Crippen LogP contribution in [0.1, 0.15) is 38.5 Å². The molecule has 0 unspecified atom stereocenters. The van der Waals surface area contributed by atoms with Crippen molar-refractivity contribution >= 4 is 11.8 Å². The fraction of sp³-hybridized carbons (Fsp3) is 0.895. The fourth-order valence-corrected chi connectivity index (χ4v) is 3.73. The highest BCUT2D eigenvalue weighted by Crippen LogP contribution is 2.30. The number of rotatable bonds is 9. The highest BCUT2D eigenvalue weighted by atomic mass is 16.5. The van der Waals surface area contributed by atoms with Gasteiger partial charge in [-0.1, -0.05) is 0 Å². The molecule has 3 atom stereocenters. The van der Waals surface area contributed by atoms with Gasteiger partial charge in [-0.25, -0.2) is 0 Å². The minimum Gasteiger partial charge on any atom is -0.394 e. The summed E-state index contributed by atoms with van der Waals surface area (Å²) in [5, 5.41) is 15.5. The number of nitrogens with one attached hydrogen (secondary N) is 2. The van der Waals surface area contributed by atoms with Crippen LogP contribution in [0.5, 0.6) is 0 Å². The van der Waals surface area contributed by atoms with E-state index in [9.17, 15) is 14.7 Å². The zero-order chi connectivity index (χ0) is 19.1. The van der Waals surface area contributed by atoms with Crippen molar-refractivity contribution in [1.82, 2.24) is 15.5 Å². The monoisotopic (exact) mass is 383 g/mol. The average Bonchev–Trinajstić information content (AvgIpc) is 3.52. The minimum absolute atomic E-state index is 0.0147. The average molecular weight is 383 g/mol.